The summed E-state index contributed by atoms with van der Waals surface area (Å²) in [6.45, 7) is 2.43. The number of rotatable bonds is 5. The first-order chi connectivity index (χ1) is 12.6. The van der Waals surface area contributed by atoms with Crippen LogP contribution in [-0.2, 0) is 9.59 Å². The van der Waals surface area contributed by atoms with Gasteiger partial charge in [0.05, 0.1) is 0 Å². The maximum atomic E-state index is 12.6. The van der Waals surface area contributed by atoms with E-state index < -0.39 is 0 Å². The molecule has 5 saturated carbocycles. The van der Waals surface area contributed by atoms with Gasteiger partial charge in [-0.2, -0.15) is 0 Å². The fraction of sp³-hybridized carbons (Fsp3) is 0.909. The Balaban J connectivity index is 1.07. The first-order valence-electron chi connectivity index (χ1n) is 11.2. The Morgan fingerprint density at radius 2 is 1.42 bits per heavy atom. The van der Waals surface area contributed by atoms with E-state index in [1.54, 1.807) is 0 Å². The van der Waals surface area contributed by atoms with Crippen LogP contribution in [0.25, 0.3) is 0 Å². The molecule has 0 aromatic carbocycles. The molecule has 144 valence electrons. The standard InChI is InChI=1S/C22H34N2O2/c25-20(18-3-7-24(8-4-18)21(26)19-1-2-19)23-6-5-22-12-15-9-16(13-22)11-17(10-15)14-22/h15-19H,1-14H2,(H,23,25). The molecule has 26 heavy (non-hydrogen) atoms. The van der Waals surface area contributed by atoms with Crippen LogP contribution in [0.1, 0.15) is 70.6 Å². The number of nitrogens with one attached hydrogen (secondary N) is 1. The van der Waals surface area contributed by atoms with Gasteiger partial charge in [0.2, 0.25) is 11.8 Å². The van der Waals surface area contributed by atoms with Crippen LogP contribution in [-0.4, -0.2) is 36.3 Å². The first kappa shape index (κ1) is 17.1. The van der Waals surface area contributed by atoms with Crippen LogP contribution in [0.2, 0.25) is 0 Å². The molecule has 1 saturated heterocycles. The summed E-state index contributed by atoms with van der Waals surface area (Å²) < 4.78 is 0. The molecule has 6 rings (SSSR count). The lowest BCUT2D eigenvalue weighted by molar-refractivity contribution is -0.136. The van der Waals surface area contributed by atoms with Crippen molar-refractivity contribution in [1.82, 2.24) is 10.2 Å². The van der Waals surface area contributed by atoms with E-state index in [4.69, 9.17) is 0 Å². The Hall–Kier alpha value is -1.06. The first-order valence-corrected chi connectivity index (χ1v) is 11.2. The Morgan fingerprint density at radius 3 is 1.96 bits per heavy atom. The maximum Gasteiger partial charge on any atom is 0.225 e. The summed E-state index contributed by atoms with van der Waals surface area (Å²) in [6, 6.07) is 0. The second-order valence-electron chi connectivity index (χ2n) is 10.3. The molecule has 6 fully saturated rings. The number of carbonyl (C=O) groups excluding carboxylic acids is 2. The maximum absolute atomic E-state index is 12.6. The molecule has 1 aliphatic heterocycles. The van der Waals surface area contributed by atoms with Crippen molar-refractivity contribution in [2.24, 2.45) is 35.0 Å². The summed E-state index contributed by atoms with van der Waals surface area (Å²) in [7, 11) is 0. The highest BCUT2D eigenvalue weighted by Crippen LogP contribution is 2.61. The smallest absolute Gasteiger partial charge is 0.225 e. The van der Waals surface area contributed by atoms with Gasteiger partial charge < -0.3 is 10.2 Å². The lowest BCUT2D eigenvalue weighted by atomic mass is 9.49. The molecular weight excluding hydrogens is 324 g/mol. The molecule has 5 aliphatic carbocycles. The quantitative estimate of drug-likeness (QED) is 0.819. The minimum Gasteiger partial charge on any atom is -0.356 e. The van der Waals surface area contributed by atoms with Crippen LogP contribution in [0.3, 0.4) is 0 Å². The molecule has 0 unspecified atom stereocenters. The fourth-order valence-corrected chi connectivity index (χ4v) is 7.14. The molecule has 4 bridgehead atoms. The zero-order chi connectivity index (χ0) is 17.7. The van der Waals surface area contributed by atoms with E-state index in [2.05, 4.69) is 5.32 Å². The molecule has 6 aliphatic rings. The summed E-state index contributed by atoms with van der Waals surface area (Å²) in [5.41, 5.74) is 0.558. The van der Waals surface area contributed by atoms with Crippen molar-refractivity contribution in [3.63, 3.8) is 0 Å². The van der Waals surface area contributed by atoms with E-state index in [9.17, 15) is 9.59 Å². The molecule has 0 aromatic heterocycles. The molecule has 0 spiro atoms. The third-order valence-electron chi connectivity index (χ3n) is 8.22. The molecule has 0 aromatic rings. The topological polar surface area (TPSA) is 49.4 Å². The van der Waals surface area contributed by atoms with Gasteiger partial charge in [-0.25, -0.2) is 0 Å². The lowest BCUT2D eigenvalue weighted by Crippen LogP contribution is -2.48. The van der Waals surface area contributed by atoms with Crippen molar-refractivity contribution in [1.29, 1.82) is 0 Å². The highest BCUT2D eigenvalue weighted by molar-refractivity contribution is 5.82. The molecule has 0 radical (unpaired) electrons. The minimum atomic E-state index is 0.120. The molecule has 1 N–H and O–H groups in total. The summed E-state index contributed by atoms with van der Waals surface area (Å²) >= 11 is 0. The summed E-state index contributed by atoms with van der Waals surface area (Å²) in [5.74, 6) is 3.98. The van der Waals surface area contributed by atoms with Crippen molar-refractivity contribution in [3.8, 4) is 0 Å². The van der Waals surface area contributed by atoms with Crippen LogP contribution in [0, 0.1) is 35.0 Å². The monoisotopic (exact) mass is 358 g/mol. The third kappa shape index (κ3) is 3.29. The SMILES string of the molecule is O=C(NCCC12CC3CC(CC(C3)C1)C2)C1CCN(C(=O)C2CC2)CC1. The molecule has 2 amide bonds. The highest BCUT2D eigenvalue weighted by atomic mass is 16.2. The molecular formula is C22H34N2O2. The number of carbonyl (C=O) groups is 2. The number of amides is 2. The lowest BCUT2D eigenvalue weighted by Gasteiger charge is -2.57. The van der Waals surface area contributed by atoms with Crippen molar-refractivity contribution in [2.75, 3.05) is 19.6 Å². The van der Waals surface area contributed by atoms with Crippen molar-refractivity contribution >= 4 is 11.8 Å². The zero-order valence-electron chi connectivity index (χ0n) is 16.0. The summed E-state index contributed by atoms with van der Waals surface area (Å²) in [4.78, 5) is 26.7. The molecule has 4 nitrogen and oxygen atoms in total. The van der Waals surface area contributed by atoms with Crippen molar-refractivity contribution in [2.45, 2.75) is 70.6 Å². The van der Waals surface area contributed by atoms with Crippen molar-refractivity contribution in [3.05, 3.63) is 0 Å². The third-order valence-corrected chi connectivity index (χ3v) is 8.22. The van der Waals surface area contributed by atoms with E-state index in [1.165, 1.54) is 44.9 Å². The largest absolute Gasteiger partial charge is 0.356 e. The molecule has 1 heterocycles. The van der Waals surface area contributed by atoms with Gasteiger partial charge in [0, 0.05) is 31.5 Å². The highest BCUT2D eigenvalue weighted by Gasteiger charge is 2.50. The second kappa shape index (κ2) is 6.53. The van der Waals surface area contributed by atoms with Crippen LogP contribution in [0.15, 0.2) is 0 Å². The molecule has 4 heteroatoms. The average molecular weight is 359 g/mol. The van der Waals surface area contributed by atoms with Gasteiger partial charge >= 0.3 is 0 Å². The van der Waals surface area contributed by atoms with Crippen LogP contribution < -0.4 is 5.32 Å². The van der Waals surface area contributed by atoms with E-state index in [0.29, 0.717) is 17.2 Å². The summed E-state index contributed by atoms with van der Waals surface area (Å²) in [6.07, 6.45) is 13.8. The van der Waals surface area contributed by atoms with E-state index in [-0.39, 0.29) is 11.8 Å². The Labute approximate surface area is 157 Å². The second-order valence-corrected chi connectivity index (χ2v) is 10.3. The minimum absolute atomic E-state index is 0.120. The number of likely N-dealkylation sites (tertiary alicyclic amines) is 1. The van der Waals surface area contributed by atoms with Crippen LogP contribution >= 0.6 is 0 Å². The zero-order valence-corrected chi connectivity index (χ0v) is 16.0. The Bertz CT molecular complexity index is 539. The Morgan fingerprint density at radius 1 is 0.846 bits per heavy atom. The fourth-order valence-electron chi connectivity index (χ4n) is 7.14. The van der Waals surface area contributed by atoms with E-state index in [1.807, 2.05) is 4.90 Å². The number of hydrogen-bond acceptors (Lipinski definition) is 2. The van der Waals surface area contributed by atoms with E-state index in [0.717, 1.165) is 63.1 Å². The van der Waals surface area contributed by atoms with Gasteiger partial charge in [-0.3, -0.25) is 9.59 Å². The summed E-state index contributed by atoms with van der Waals surface area (Å²) in [5, 5.41) is 3.26. The van der Waals surface area contributed by atoms with Gasteiger partial charge in [0.1, 0.15) is 0 Å². The number of piperidine rings is 1. The predicted molar refractivity (Wildman–Crippen MR) is 100 cm³/mol. The van der Waals surface area contributed by atoms with Gasteiger partial charge in [-0.1, -0.05) is 0 Å². The van der Waals surface area contributed by atoms with Crippen molar-refractivity contribution < 1.29 is 9.59 Å². The van der Waals surface area contributed by atoms with Crippen LogP contribution in [0.5, 0.6) is 0 Å². The van der Waals surface area contributed by atoms with Gasteiger partial charge in [-0.15, -0.1) is 0 Å². The number of nitrogens with zero attached hydrogens (tertiary/aromatic N) is 1. The van der Waals surface area contributed by atoms with E-state index >= 15 is 0 Å². The van der Waals surface area contributed by atoms with Crippen LogP contribution in [0.4, 0.5) is 0 Å². The van der Waals surface area contributed by atoms with Gasteiger partial charge in [0.15, 0.2) is 0 Å². The van der Waals surface area contributed by atoms with Gasteiger partial charge in [0.25, 0.3) is 0 Å². The average Bonchev–Trinajstić information content (AvgIpc) is 3.45. The van der Waals surface area contributed by atoms with Gasteiger partial charge in [-0.05, 0) is 93.8 Å². The predicted octanol–water partition coefficient (Wildman–Crippen LogP) is 3.36. The normalized spacial score (nSPS) is 39.2. The molecule has 0 atom stereocenters. The Kier molecular flexibility index (Phi) is 4.28. The number of hydrogen-bond donors (Lipinski definition) is 1.